The third-order valence-corrected chi connectivity index (χ3v) is 2.47. The summed E-state index contributed by atoms with van der Waals surface area (Å²) in [6.07, 6.45) is 4.50. The maximum atomic E-state index is 11.9. The predicted octanol–water partition coefficient (Wildman–Crippen LogP) is 2.18. The summed E-state index contributed by atoms with van der Waals surface area (Å²) >= 11 is 0. The standard InChI is InChI=1S/C14H14N2O3/c1-2-19-13(17)10-11-8-9-16(14(18)15-11)12-6-4-3-5-7-12/h3-10H,2H2,1H3,(H,15,18)/b11-10-. The van der Waals surface area contributed by atoms with Gasteiger partial charge in [0, 0.05) is 12.3 Å². The molecule has 1 aliphatic heterocycles. The SMILES string of the molecule is CCOC(=O)/C=C1/C=CN(c2ccccc2)C(=O)N1. The molecule has 0 fully saturated rings. The van der Waals surface area contributed by atoms with Gasteiger partial charge in [0.05, 0.1) is 18.0 Å². The summed E-state index contributed by atoms with van der Waals surface area (Å²) in [5.41, 5.74) is 1.17. The van der Waals surface area contributed by atoms with E-state index >= 15 is 0 Å². The number of hydrogen-bond donors (Lipinski definition) is 1. The second-order valence-electron chi connectivity index (χ2n) is 3.80. The fourth-order valence-electron chi connectivity index (χ4n) is 1.63. The van der Waals surface area contributed by atoms with E-state index in [-0.39, 0.29) is 6.03 Å². The van der Waals surface area contributed by atoms with Gasteiger partial charge in [0.1, 0.15) is 0 Å². The molecule has 1 aromatic rings. The fourth-order valence-corrected chi connectivity index (χ4v) is 1.63. The molecule has 5 nitrogen and oxygen atoms in total. The Labute approximate surface area is 111 Å². The quantitative estimate of drug-likeness (QED) is 0.667. The minimum atomic E-state index is -0.476. The number of nitrogens with zero attached hydrogens (tertiary/aromatic N) is 1. The predicted molar refractivity (Wildman–Crippen MR) is 71.3 cm³/mol. The second-order valence-corrected chi connectivity index (χ2v) is 3.80. The van der Waals surface area contributed by atoms with Gasteiger partial charge in [-0.05, 0) is 25.1 Å². The zero-order valence-corrected chi connectivity index (χ0v) is 10.5. The molecule has 0 radical (unpaired) electrons. The van der Waals surface area contributed by atoms with Crippen LogP contribution < -0.4 is 10.2 Å². The molecule has 0 aliphatic carbocycles. The largest absolute Gasteiger partial charge is 0.463 e. The van der Waals surface area contributed by atoms with Gasteiger partial charge in [0.15, 0.2) is 0 Å². The van der Waals surface area contributed by atoms with Gasteiger partial charge in [-0.1, -0.05) is 18.2 Å². The van der Waals surface area contributed by atoms with Crippen LogP contribution in [-0.2, 0) is 9.53 Å². The van der Waals surface area contributed by atoms with Gasteiger partial charge in [0.25, 0.3) is 0 Å². The molecule has 0 bridgehead atoms. The van der Waals surface area contributed by atoms with E-state index in [0.29, 0.717) is 12.3 Å². The molecule has 1 aliphatic rings. The molecule has 0 aromatic heterocycles. The number of ether oxygens (including phenoxy) is 1. The van der Waals surface area contributed by atoms with E-state index in [9.17, 15) is 9.59 Å². The van der Waals surface area contributed by atoms with E-state index in [0.717, 1.165) is 5.69 Å². The summed E-state index contributed by atoms with van der Waals surface area (Å²) in [6.45, 7) is 2.03. The van der Waals surface area contributed by atoms with E-state index in [1.54, 1.807) is 19.2 Å². The van der Waals surface area contributed by atoms with E-state index in [1.807, 2.05) is 30.3 Å². The number of hydrogen-bond acceptors (Lipinski definition) is 3. The highest BCUT2D eigenvalue weighted by Crippen LogP contribution is 2.17. The van der Waals surface area contributed by atoms with Gasteiger partial charge >= 0.3 is 12.0 Å². The van der Waals surface area contributed by atoms with Crippen molar-refractivity contribution >= 4 is 17.7 Å². The lowest BCUT2D eigenvalue weighted by molar-refractivity contribution is -0.137. The van der Waals surface area contributed by atoms with Crippen molar-refractivity contribution in [3.8, 4) is 0 Å². The third kappa shape index (κ3) is 3.22. The molecule has 1 N–H and O–H groups in total. The minimum Gasteiger partial charge on any atom is -0.463 e. The molecular weight excluding hydrogens is 244 g/mol. The summed E-state index contributed by atoms with van der Waals surface area (Å²) in [4.78, 5) is 24.6. The van der Waals surface area contributed by atoms with Crippen LogP contribution in [0, 0.1) is 0 Å². The third-order valence-electron chi connectivity index (χ3n) is 2.47. The van der Waals surface area contributed by atoms with Gasteiger partial charge in [-0.3, -0.25) is 4.90 Å². The Hall–Kier alpha value is -2.56. The molecule has 19 heavy (non-hydrogen) atoms. The first-order valence-electron chi connectivity index (χ1n) is 5.92. The summed E-state index contributed by atoms with van der Waals surface area (Å²) < 4.78 is 4.78. The topological polar surface area (TPSA) is 58.6 Å². The number of rotatable bonds is 3. The van der Waals surface area contributed by atoms with Crippen molar-refractivity contribution in [1.82, 2.24) is 5.32 Å². The van der Waals surface area contributed by atoms with Gasteiger partial charge in [0.2, 0.25) is 0 Å². The first kappa shape index (κ1) is 12.9. The van der Waals surface area contributed by atoms with Crippen LogP contribution in [0.5, 0.6) is 0 Å². The first-order chi connectivity index (χ1) is 9.20. The Balaban J connectivity index is 2.14. The highest BCUT2D eigenvalue weighted by atomic mass is 16.5. The molecule has 2 rings (SSSR count). The summed E-state index contributed by atoms with van der Waals surface area (Å²) in [5, 5.41) is 2.61. The lowest BCUT2D eigenvalue weighted by Crippen LogP contribution is -2.39. The lowest BCUT2D eigenvalue weighted by atomic mass is 10.2. The number of benzene rings is 1. The Morgan fingerprint density at radius 1 is 1.37 bits per heavy atom. The molecule has 0 atom stereocenters. The highest BCUT2D eigenvalue weighted by molar-refractivity contribution is 5.97. The number of carbonyl (C=O) groups is 2. The van der Waals surface area contributed by atoms with Crippen molar-refractivity contribution in [3.63, 3.8) is 0 Å². The molecule has 2 amide bonds. The van der Waals surface area contributed by atoms with E-state index in [1.165, 1.54) is 11.0 Å². The Morgan fingerprint density at radius 3 is 2.74 bits per heavy atom. The van der Waals surface area contributed by atoms with Gasteiger partial charge < -0.3 is 10.1 Å². The lowest BCUT2D eigenvalue weighted by Gasteiger charge is -2.23. The normalized spacial score (nSPS) is 16.4. The molecule has 5 heteroatoms. The smallest absolute Gasteiger partial charge is 0.332 e. The Kier molecular flexibility index (Phi) is 3.97. The number of para-hydroxylation sites is 1. The van der Waals surface area contributed by atoms with Gasteiger partial charge in [-0.15, -0.1) is 0 Å². The van der Waals surface area contributed by atoms with Crippen molar-refractivity contribution < 1.29 is 14.3 Å². The highest BCUT2D eigenvalue weighted by Gasteiger charge is 2.18. The van der Waals surface area contributed by atoms with Crippen molar-refractivity contribution in [2.75, 3.05) is 11.5 Å². The van der Waals surface area contributed by atoms with Crippen molar-refractivity contribution in [2.45, 2.75) is 6.92 Å². The molecular formula is C14H14N2O3. The number of allylic oxidation sites excluding steroid dienone is 1. The van der Waals surface area contributed by atoms with Crippen LogP contribution in [-0.4, -0.2) is 18.6 Å². The molecule has 0 saturated heterocycles. The molecule has 1 aromatic carbocycles. The maximum Gasteiger partial charge on any atom is 0.332 e. The molecule has 98 valence electrons. The van der Waals surface area contributed by atoms with Crippen LogP contribution in [0.1, 0.15) is 6.92 Å². The van der Waals surface area contributed by atoms with Crippen molar-refractivity contribution in [1.29, 1.82) is 0 Å². The van der Waals surface area contributed by atoms with Crippen LogP contribution >= 0.6 is 0 Å². The minimum absolute atomic E-state index is 0.302. The van der Waals surface area contributed by atoms with E-state index in [4.69, 9.17) is 4.74 Å². The number of nitrogens with one attached hydrogen (secondary N) is 1. The van der Waals surface area contributed by atoms with Crippen LogP contribution in [0.3, 0.4) is 0 Å². The maximum absolute atomic E-state index is 11.9. The van der Waals surface area contributed by atoms with E-state index < -0.39 is 5.97 Å². The zero-order chi connectivity index (χ0) is 13.7. The number of carbonyl (C=O) groups excluding carboxylic acids is 2. The van der Waals surface area contributed by atoms with Gasteiger partial charge in [-0.2, -0.15) is 0 Å². The van der Waals surface area contributed by atoms with Crippen LogP contribution in [0.2, 0.25) is 0 Å². The average molecular weight is 258 g/mol. The first-order valence-corrected chi connectivity index (χ1v) is 5.92. The number of urea groups is 1. The Morgan fingerprint density at radius 2 is 2.11 bits per heavy atom. The molecule has 0 saturated carbocycles. The molecule has 0 spiro atoms. The Bertz CT molecular complexity index is 535. The van der Waals surface area contributed by atoms with Gasteiger partial charge in [-0.25, -0.2) is 9.59 Å². The molecule has 0 unspecified atom stereocenters. The number of amides is 2. The van der Waals surface area contributed by atoms with Crippen LogP contribution in [0.25, 0.3) is 0 Å². The summed E-state index contributed by atoms with van der Waals surface area (Å²) in [6, 6.07) is 8.90. The van der Waals surface area contributed by atoms with Crippen LogP contribution in [0.15, 0.2) is 54.4 Å². The second kappa shape index (κ2) is 5.86. The number of anilines is 1. The zero-order valence-electron chi connectivity index (χ0n) is 10.5. The number of esters is 1. The monoisotopic (exact) mass is 258 g/mol. The van der Waals surface area contributed by atoms with Crippen molar-refractivity contribution in [3.05, 3.63) is 54.4 Å². The van der Waals surface area contributed by atoms with E-state index in [2.05, 4.69) is 5.32 Å². The van der Waals surface area contributed by atoms with Crippen LogP contribution in [0.4, 0.5) is 10.5 Å². The molecule has 1 heterocycles. The average Bonchev–Trinajstić information content (AvgIpc) is 2.40. The van der Waals surface area contributed by atoms with Crippen molar-refractivity contribution in [2.24, 2.45) is 0 Å². The summed E-state index contributed by atoms with van der Waals surface area (Å²) in [5.74, 6) is -0.476. The summed E-state index contributed by atoms with van der Waals surface area (Å²) in [7, 11) is 0. The fraction of sp³-hybridized carbons (Fsp3) is 0.143.